The first-order chi connectivity index (χ1) is 4.11. The van der Waals surface area contributed by atoms with Crippen LogP contribution >= 0.6 is 0 Å². The molecule has 0 fully saturated rings. The maximum atomic E-state index is 11.5. The summed E-state index contributed by atoms with van der Waals surface area (Å²) in [7, 11) is 0. The highest BCUT2D eigenvalue weighted by molar-refractivity contribution is 5.59. The van der Waals surface area contributed by atoms with E-state index in [2.05, 4.69) is 4.99 Å². The summed E-state index contributed by atoms with van der Waals surface area (Å²) >= 11 is 0. The molecule has 0 aromatic heterocycles. The van der Waals surface area contributed by atoms with E-state index >= 15 is 0 Å². The molecule has 0 atom stereocenters. The van der Waals surface area contributed by atoms with Gasteiger partial charge in [-0.15, -0.1) is 0 Å². The first-order valence-corrected chi connectivity index (χ1v) is 2.22. The van der Waals surface area contributed by atoms with Gasteiger partial charge in [0.2, 0.25) is 0 Å². The first kappa shape index (κ1) is 6.38. The van der Waals surface area contributed by atoms with E-state index in [-0.39, 0.29) is 11.4 Å². The normalized spacial score (nSPS) is 19.2. The van der Waals surface area contributed by atoms with Crippen molar-refractivity contribution in [1.29, 1.82) is 0 Å². The standard InChI is InChI=1S/C4H3F3N2/c5-4(6,7)9-2-1-8-3-9/h2H,1H2. The van der Waals surface area contributed by atoms with Crippen LogP contribution < -0.4 is 0 Å². The zero-order valence-electron chi connectivity index (χ0n) is 4.31. The molecule has 0 unspecified atom stereocenters. The maximum Gasteiger partial charge on any atom is 0.486 e. The number of hydrogen-bond acceptors (Lipinski definition) is 2. The van der Waals surface area contributed by atoms with E-state index in [0.717, 1.165) is 6.54 Å². The van der Waals surface area contributed by atoms with Crippen LogP contribution in [0.2, 0.25) is 0 Å². The molecule has 0 amide bonds. The summed E-state index contributed by atoms with van der Waals surface area (Å²) in [6, 6.07) is 0. The lowest BCUT2D eigenvalue weighted by Crippen LogP contribution is -2.32. The molecule has 0 bridgehead atoms. The van der Waals surface area contributed by atoms with Crippen LogP contribution in [0.5, 0.6) is 0 Å². The van der Waals surface area contributed by atoms with Crippen molar-refractivity contribution in [3.05, 3.63) is 6.54 Å². The fraction of sp³-hybridized carbons (Fsp3) is 0.500. The number of halogens is 3. The van der Waals surface area contributed by atoms with Gasteiger partial charge in [-0.25, -0.2) is 0 Å². The quantitative estimate of drug-likeness (QED) is 0.451. The number of nitrogens with zero attached hydrogens (tertiary/aromatic N) is 2. The fourth-order valence-electron chi connectivity index (χ4n) is 0.441. The van der Waals surface area contributed by atoms with Crippen LogP contribution in [-0.4, -0.2) is 24.1 Å². The minimum Gasteiger partial charge on any atom is -0.263 e. The summed E-state index contributed by atoms with van der Waals surface area (Å²) in [6.45, 7) is 0.986. The molecule has 0 aromatic rings. The van der Waals surface area contributed by atoms with Gasteiger partial charge in [0.1, 0.15) is 0 Å². The van der Waals surface area contributed by atoms with Crippen molar-refractivity contribution in [2.24, 2.45) is 4.99 Å². The monoisotopic (exact) mass is 136 g/mol. The smallest absolute Gasteiger partial charge is 0.263 e. The largest absolute Gasteiger partial charge is 0.486 e. The molecule has 0 aliphatic carbocycles. The van der Waals surface area contributed by atoms with Crippen molar-refractivity contribution in [2.45, 2.75) is 6.30 Å². The lowest BCUT2D eigenvalue weighted by molar-refractivity contribution is -0.204. The summed E-state index contributed by atoms with van der Waals surface area (Å²) in [5.74, 6) is 0. The van der Waals surface area contributed by atoms with Crippen LogP contribution in [0.3, 0.4) is 0 Å². The van der Waals surface area contributed by atoms with Gasteiger partial charge in [0.05, 0.1) is 13.1 Å². The van der Waals surface area contributed by atoms with E-state index in [0.29, 0.717) is 0 Å². The molecular weight excluding hydrogens is 133 g/mol. The van der Waals surface area contributed by atoms with Crippen molar-refractivity contribution in [1.82, 2.24) is 4.90 Å². The van der Waals surface area contributed by atoms with Crippen LogP contribution in [0.25, 0.3) is 0 Å². The molecule has 50 valence electrons. The molecule has 1 aliphatic rings. The molecule has 9 heavy (non-hydrogen) atoms. The molecule has 2 radical (unpaired) electrons. The molecule has 5 heteroatoms. The summed E-state index contributed by atoms with van der Waals surface area (Å²) in [4.78, 5) is 3.24. The zero-order valence-corrected chi connectivity index (χ0v) is 4.31. The first-order valence-electron chi connectivity index (χ1n) is 2.22. The molecule has 1 rings (SSSR count). The van der Waals surface area contributed by atoms with Gasteiger partial charge >= 0.3 is 6.30 Å². The zero-order chi connectivity index (χ0) is 6.91. The van der Waals surface area contributed by atoms with Crippen molar-refractivity contribution < 1.29 is 13.2 Å². The van der Waals surface area contributed by atoms with Crippen molar-refractivity contribution in [3.8, 4) is 0 Å². The summed E-state index contributed by atoms with van der Waals surface area (Å²) in [5.41, 5.74) is 0. The van der Waals surface area contributed by atoms with Gasteiger partial charge in [-0.1, -0.05) is 0 Å². The number of rotatable bonds is 0. The second kappa shape index (κ2) is 1.89. The Morgan fingerprint density at radius 3 is 2.44 bits per heavy atom. The Hall–Kier alpha value is -0.740. The molecule has 1 aliphatic heterocycles. The molecule has 0 saturated carbocycles. The Labute approximate surface area is 50.0 Å². The number of hydrogen-bond donors (Lipinski definition) is 0. The van der Waals surface area contributed by atoms with E-state index in [1.54, 1.807) is 6.34 Å². The van der Waals surface area contributed by atoms with Crippen molar-refractivity contribution >= 4 is 6.34 Å². The Morgan fingerprint density at radius 1 is 1.56 bits per heavy atom. The van der Waals surface area contributed by atoms with E-state index in [1.807, 2.05) is 0 Å². The second-order valence-electron chi connectivity index (χ2n) is 1.46. The Kier molecular flexibility index (Phi) is 1.34. The van der Waals surface area contributed by atoms with E-state index in [1.165, 1.54) is 0 Å². The minimum atomic E-state index is -4.35. The predicted octanol–water partition coefficient (Wildman–Crippen LogP) is 0.889. The SMILES string of the molecule is FC(F)(F)N1[C]=NC[CH]1. The highest BCUT2D eigenvalue weighted by Gasteiger charge is 2.37. The van der Waals surface area contributed by atoms with Gasteiger partial charge in [-0.05, 0) is 0 Å². The van der Waals surface area contributed by atoms with Gasteiger partial charge in [0, 0.05) is 0 Å². The summed E-state index contributed by atoms with van der Waals surface area (Å²) in [5, 5.41) is 0. The third-order valence-corrected chi connectivity index (χ3v) is 0.807. The Bertz CT molecular complexity index is 128. The molecule has 2 nitrogen and oxygen atoms in total. The topological polar surface area (TPSA) is 15.6 Å². The summed E-state index contributed by atoms with van der Waals surface area (Å²) < 4.78 is 34.6. The summed E-state index contributed by atoms with van der Waals surface area (Å²) in [6.07, 6.45) is -2.57. The van der Waals surface area contributed by atoms with Crippen LogP contribution in [0.1, 0.15) is 0 Å². The third-order valence-electron chi connectivity index (χ3n) is 0.807. The second-order valence-corrected chi connectivity index (χ2v) is 1.46. The van der Waals surface area contributed by atoms with E-state index < -0.39 is 6.30 Å². The number of alkyl halides is 3. The molecular formula is C4H3F3N2. The number of aliphatic imine (C=N–C) groups is 1. The minimum absolute atomic E-state index is 0.00694. The molecule has 0 saturated heterocycles. The van der Waals surface area contributed by atoms with Gasteiger partial charge in [0.25, 0.3) is 0 Å². The van der Waals surface area contributed by atoms with E-state index in [4.69, 9.17) is 0 Å². The van der Waals surface area contributed by atoms with Crippen LogP contribution in [0.4, 0.5) is 13.2 Å². The van der Waals surface area contributed by atoms with Crippen molar-refractivity contribution in [2.75, 3.05) is 6.54 Å². The maximum absolute atomic E-state index is 11.5. The lowest BCUT2D eigenvalue weighted by Gasteiger charge is -2.14. The van der Waals surface area contributed by atoms with Crippen LogP contribution in [-0.2, 0) is 0 Å². The average molecular weight is 136 g/mol. The van der Waals surface area contributed by atoms with Gasteiger partial charge < -0.3 is 0 Å². The molecule has 0 spiro atoms. The predicted molar refractivity (Wildman–Crippen MR) is 24.5 cm³/mol. The van der Waals surface area contributed by atoms with Crippen LogP contribution in [0.15, 0.2) is 4.99 Å². The fourth-order valence-corrected chi connectivity index (χ4v) is 0.441. The highest BCUT2D eigenvalue weighted by Crippen LogP contribution is 2.22. The lowest BCUT2D eigenvalue weighted by atomic mass is 10.6. The van der Waals surface area contributed by atoms with E-state index in [9.17, 15) is 13.2 Å². The molecule has 1 heterocycles. The highest BCUT2D eigenvalue weighted by atomic mass is 19.4. The van der Waals surface area contributed by atoms with Crippen molar-refractivity contribution in [3.63, 3.8) is 0 Å². The van der Waals surface area contributed by atoms with Gasteiger partial charge in [0.15, 0.2) is 6.34 Å². The Balaban J connectivity index is 2.53. The van der Waals surface area contributed by atoms with Gasteiger partial charge in [-0.2, -0.15) is 13.2 Å². The van der Waals surface area contributed by atoms with Gasteiger partial charge in [-0.3, -0.25) is 9.89 Å². The molecule has 0 N–H and O–H groups in total. The average Bonchev–Trinajstić information content (AvgIpc) is 2.08. The third kappa shape index (κ3) is 1.34. The van der Waals surface area contributed by atoms with Crippen LogP contribution in [0, 0.1) is 6.54 Å². The Morgan fingerprint density at radius 2 is 2.22 bits per heavy atom. The molecule has 0 aromatic carbocycles.